The van der Waals surface area contributed by atoms with Crippen molar-refractivity contribution < 1.29 is 14.3 Å². The van der Waals surface area contributed by atoms with Crippen molar-refractivity contribution >= 4 is 22.5 Å². The second-order valence-electron chi connectivity index (χ2n) is 6.94. The average Bonchev–Trinajstić information content (AvgIpc) is 3.15. The minimum Gasteiger partial charge on any atom is -0.497 e. The maximum absolute atomic E-state index is 12.9. The first-order valence-electron chi connectivity index (χ1n) is 9.49. The van der Waals surface area contributed by atoms with Gasteiger partial charge < -0.3 is 24.3 Å². The molecule has 0 atom stereocenters. The van der Waals surface area contributed by atoms with E-state index in [-0.39, 0.29) is 5.91 Å². The standard InChI is InChI=1S/C22H25N3O3/c1-27-17-7-8-19-18(14-17)16(15-23-19)13-22(26)25-11-9-24(10-12-25)20-5-3-4-6-21(20)28-2/h3-8,14-15,23H,9-13H2,1-2H3. The lowest BCUT2D eigenvalue weighted by molar-refractivity contribution is -0.130. The quantitative estimate of drug-likeness (QED) is 0.740. The number of ether oxygens (including phenoxy) is 2. The fraction of sp³-hybridized carbons (Fsp3) is 0.318. The van der Waals surface area contributed by atoms with E-state index in [1.54, 1.807) is 14.2 Å². The van der Waals surface area contributed by atoms with Crippen LogP contribution in [-0.4, -0.2) is 56.2 Å². The Kier molecular flexibility index (Phi) is 5.10. The van der Waals surface area contributed by atoms with Crippen LogP contribution in [0.1, 0.15) is 5.56 Å². The molecule has 1 aliphatic heterocycles. The minimum absolute atomic E-state index is 0.156. The van der Waals surface area contributed by atoms with Gasteiger partial charge in [-0.1, -0.05) is 12.1 Å². The van der Waals surface area contributed by atoms with Crippen molar-refractivity contribution in [1.29, 1.82) is 0 Å². The smallest absolute Gasteiger partial charge is 0.227 e. The van der Waals surface area contributed by atoms with Gasteiger partial charge >= 0.3 is 0 Å². The van der Waals surface area contributed by atoms with Gasteiger partial charge in [-0.15, -0.1) is 0 Å². The largest absolute Gasteiger partial charge is 0.497 e. The number of carbonyl (C=O) groups excluding carboxylic acids is 1. The van der Waals surface area contributed by atoms with Crippen molar-refractivity contribution in [2.75, 3.05) is 45.3 Å². The molecule has 2 heterocycles. The summed E-state index contributed by atoms with van der Waals surface area (Å²) in [7, 11) is 3.34. The van der Waals surface area contributed by atoms with Gasteiger partial charge in [0.05, 0.1) is 26.3 Å². The van der Waals surface area contributed by atoms with Crippen LogP contribution in [0.4, 0.5) is 5.69 Å². The number of fused-ring (bicyclic) bond motifs is 1. The lowest BCUT2D eigenvalue weighted by atomic mass is 10.1. The Balaban J connectivity index is 1.42. The molecule has 0 saturated carbocycles. The number of nitrogens with zero attached hydrogens (tertiary/aromatic N) is 2. The number of H-pyrrole nitrogens is 1. The van der Waals surface area contributed by atoms with E-state index in [2.05, 4.69) is 16.0 Å². The lowest BCUT2D eigenvalue weighted by Gasteiger charge is -2.36. The highest BCUT2D eigenvalue weighted by Gasteiger charge is 2.23. The van der Waals surface area contributed by atoms with Crippen molar-refractivity contribution in [2.24, 2.45) is 0 Å². The molecule has 0 spiro atoms. The van der Waals surface area contributed by atoms with Gasteiger partial charge in [0.25, 0.3) is 0 Å². The molecule has 3 aromatic rings. The van der Waals surface area contributed by atoms with Gasteiger partial charge in [0.1, 0.15) is 11.5 Å². The summed E-state index contributed by atoms with van der Waals surface area (Å²) in [6.07, 6.45) is 2.31. The number of methoxy groups -OCH3 is 2. The van der Waals surface area contributed by atoms with E-state index >= 15 is 0 Å². The van der Waals surface area contributed by atoms with E-state index in [1.165, 1.54) is 0 Å². The molecule has 6 nitrogen and oxygen atoms in total. The first kappa shape index (κ1) is 18.2. The molecule has 0 unspecified atom stereocenters. The zero-order valence-electron chi connectivity index (χ0n) is 16.3. The summed E-state index contributed by atoms with van der Waals surface area (Å²) in [4.78, 5) is 20.3. The van der Waals surface area contributed by atoms with E-state index in [1.807, 2.05) is 47.5 Å². The predicted octanol–water partition coefficient (Wildman–Crippen LogP) is 3.08. The fourth-order valence-corrected chi connectivity index (χ4v) is 3.79. The molecule has 28 heavy (non-hydrogen) atoms. The average molecular weight is 379 g/mol. The van der Waals surface area contributed by atoms with Crippen molar-refractivity contribution in [3.05, 3.63) is 54.2 Å². The zero-order chi connectivity index (χ0) is 19.5. The van der Waals surface area contributed by atoms with E-state index < -0.39 is 0 Å². The summed E-state index contributed by atoms with van der Waals surface area (Å²) in [5.74, 6) is 1.82. The molecule has 1 saturated heterocycles. The summed E-state index contributed by atoms with van der Waals surface area (Å²) in [6, 6.07) is 13.9. The molecule has 0 radical (unpaired) electrons. The molecule has 1 aromatic heterocycles. The number of aromatic amines is 1. The van der Waals surface area contributed by atoms with Crippen molar-refractivity contribution in [3.63, 3.8) is 0 Å². The number of aromatic nitrogens is 1. The third-order valence-corrected chi connectivity index (χ3v) is 5.37. The van der Waals surface area contributed by atoms with Gasteiger partial charge in [0.15, 0.2) is 0 Å². The topological polar surface area (TPSA) is 57.8 Å². The number of nitrogens with one attached hydrogen (secondary N) is 1. The van der Waals surface area contributed by atoms with Crippen LogP contribution < -0.4 is 14.4 Å². The Hall–Kier alpha value is -3.15. The van der Waals surface area contributed by atoms with Crippen molar-refractivity contribution in [3.8, 4) is 11.5 Å². The van der Waals surface area contributed by atoms with Gasteiger partial charge in [0, 0.05) is 43.3 Å². The highest BCUT2D eigenvalue weighted by Crippen LogP contribution is 2.29. The van der Waals surface area contributed by atoms with Crippen molar-refractivity contribution in [2.45, 2.75) is 6.42 Å². The number of rotatable bonds is 5. The number of hydrogen-bond acceptors (Lipinski definition) is 4. The van der Waals surface area contributed by atoms with Crippen LogP contribution in [0, 0.1) is 0 Å². The highest BCUT2D eigenvalue weighted by molar-refractivity contribution is 5.89. The molecule has 6 heteroatoms. The fourth-order valence-electron chi connectivity index (χ4n) is 3.79. The molecule has 1 amide bonds. The molecule has 0 bridgehead atoms. The summed E-state index contributed by atoms with van der Waals surface area (Å²) in [6.45, 7) is 3.02. The van der Waals surface area contributed by atoms with E-state index in [9.17, 15) is 4.79 Å². The first-order chi connectivity index (χ1) is 13.7. The summed E-state index contributed by atoms with van der Waals surface area (Å²) in [5.41, 5.74) is 3.11. The number of amides is 1. The van der Waals surface area contributed by atoms with Crippen LogP contribution in [0.3, 0.4) is 0 Å². The Morgan fingerprint density at radius 3 is 2.57 bits per heavy atom. The minimum atomic E-state index is 0.156. The molecule has 1 aliphatic rings. The maximum Gasteiger partial charge on any atom is 0.227 e. The number of hydrogen-bond donors (Lipinski definition) is 1. The third-order valence-electron chi connectivity index (χ3n) is 5.37. The Bertz CT molecular complexity index is 974. The highest BCUT2D eigenvalue weighted by atomic mass is 16.5. The number of benzene rings is 2. The van der Waals surface area contributed by atoms with Crippen LogP contribution in [0.15, 0.2) is 48.7 Å². The molecule has 2 aromatic carbocycles. The number of piperazine rings is 1. The molecular weight excluding hydrogens is 354 g/mol. The molecule has 0 aliphatic carbocycles. The third kappa shape index (κ3) is 3.50. The van der Waals surface area contributed by atoms with Gasteiger partial charge in [-0.3, -0.25) is 4.79 Å². The molecule has 4 rings (SSSR count). The van der Waals surface area contributed by atoms with Crippen LogP contribution in [0.2, 0.25) is 0 Å². The Morgan fingerprint density at radius 2 is 1.82 bits per heavy atom. The monoisotopic (exact) mass is 379 g/mol. The second kappa shape index (κ2) is 7.84. The lowest BCUT2D eigenvalue weighted by Crippen LogP contribution is -2.49. The summed E-state index contributed by atoms with van der Waals surface area (Å²) in [5, 5.41) is 1.04. The van der Waals surface area contributed by atoms with Gasteiger partial charge in [-0.05, 0) is 35.9 Å². The van der Waals surface area contributed by atoms with Gasteiger partial charge in [-0.25, -0.2) is 0 Å². The van der Waals surface area contributed by atoms with E-state index in [0.717, 1.165) is 46.7 Å². The molecule has 146 valence electrons. The summed E-state index contributed by atoms with van der Waals surface area (Å²) < 4.78 is 10.8. The summed E-state index contributed by atoms with van der Waals surface area (Å²) >= 11 is 0. The van der Waals surface area contributed by atoms with Crippen LogP contribution in [0.25, 0.3) is 10.9 Å². The van der Waals surface area contributed by atoms with Gasteiger partial charge in [-0.2, -0.15) is 0 Å². The van der Waals surface area contributed by atoms with E-state index in [0.29, 0.717) is 19.5 Å². The van der Waals surface area contributed by atoms with Crippen LogP contribution in [-0.2, 0) is 11.2 Å². The predicted molar refractivity (Wildman–Crippen MR) is 110 cm³/mol. The number of anilines is 1. The number of carbonyl (C=O) groups is 1. The SMILES string of the molecule is COc1ccc2[nH]cc(CC(=O)N3CCN(c4ccccc4OC)CC3)c2c1. The van der Waals surface area contributed by atoms with Crippen LogP contribution >= 0.6 is 0 Å². The van der Waals surface area contributed by atoms with Crippen molar-refractivity contribution in [1.82, 2.24) is 9.88 Å². The molecule has 1 N–H and O–H groups in total. The second-order valence-corrected chi connectivity index (χ2v) is 6.94. The molecular formula is C22H25N3O3. The van der Waals surface area contributed by atoms with Gasteiger partial charge in [0.2, 0.25) is 5.91 Å². The zero-order valence-corrected chi connectivity index (χ0v) is 16.3. The van der Waals surface area contributed by atoms with E-state index in [4.69, 9.17) is 9.47 Å². The number of para-hydroxylation sites is 2. The Labute approximate surface area is 164 Å². The Morgan fingerprint density at radius 1 is 1.04 bits per heavy atom. The maximum atomic E-state index is 12.9. The molecule has 1 fully saturated rings. The van der Waals surface area contributed by atoms with Crippen LogP contribution in [0.5, 0.6) is 11.5 Å². The first-order valence-corrected chi connectivity index (χ1v) is 9.49. The normalized spacial score (nSPS) is 14.4.